The first-order chi connectivity index (χ1) is 7.65. The molecule has 0 saturated carbocycles. The molecule has 0 aliphatic rings. The van der Waals surface area contributed by atoms with Crippen molar-refractivity contribution < 1.29 is 5.11 Å². The van der Waals surface area contributed by atoms with Crippen LogP contribution in [-0.2, 0) is 10.9 Å². The molecule has 0 aliphatic heterocycles. The number of fused-ring (bicyclic) bond motifs is 1. The number of para-hydroxylation sites is 1. The minimum Gasteiger partial charge on any atom is -0.503 e. The van der Waals surface area contributed by atoms with Crippen LogP contribution in [0, 0.1) is 0 Å². The Morgan fingerprint density at radius 1 is 1.38 bits per heavy atom. The molecule has 2 aromatic rings. The summed E-state index contributed by atoms with van der Waals surface area (Å²) in [5.41, 5.74) is 0.505. The van der Waals surface area contributed by atoms with Gasteiger partial charge in [0.2, 0.25) is 0 Å². The highest BCUT2D eigenvalue weighted by Gasteiger charge is 2.24. The maximum Gasteiger partial charge on any atom is 0.307 e. The molecule has 0 saturated heterocycles. The SMILES string of the molecule is CC[S+](C)c1c(O)c2ccccc2[nH]c1=O. The minimum absolute atomic E-state index is 0.132. The van der Waals surface area contributed by atoms with E-state index in [2.05, 4.69) is 4.98 Å². The summed E-state index contributed by atoms with van der Waals surface area (Å²) >= 11 is 0. The van der Waals surface area contributed by atoms with Crippen molar-refractivity contribution >= 4 is 21.8 Å². The number of hydrogen-bond donors (Lipinski definition) is 2. The molecule has 0 aliphatic carbocycles. The van der Waals surface area contributed by atoms with Gasteiger partial charge < -0.3 is 10.1 Å². The maximum atomic E-state index is 11.8. The Morgan fingerprint density at radius 3 is 2.75 bits per heavy atom. The Bertz CT molecular complexity index is 577. The third-order valence-electron chi connectivity index (χ3n) is 2.63. The summed E-state index contributed by atoms with van der Waals surface area (Å²) in [6, 6.07) is 7.30. The number of benzene rings is 1. The van der Waals surface area contributed by atoms with E-state index in [0.717, 1.165) is 5.75 Å². The molecule has 0 fully saturated rings. The van der Waals surface area contributed by atoms with Gasteiger partial charge in [-0.2, -0.15) is 0 Å². The highest BCUT2D eigenvalue weighted by molar-refractivity contribution is 7.96. The average Bonchev–Trinajstić information content (AvgIpc) is 2.28. The molecule has 2 N–H and O–H groups in total. The number of rotatable bonds is 2. The lowest BCUT2D eigenvalue weighted by atomic mass is 10.2. The van der Waals surface area contributed by atoms with Gasteiger partial charge in [0.05, 0.1) is 5.52 Å². The summed E-state index contributed by atoms with van der Waals surface area (Å²) < 4.78 is 0. The predicted octanol–water partition coefficient (Wildman–Crippen LogP) is 1.86. The Labute approximate surface area is 96.5 Å². The van der Waals surface area contributed by atoms with Crippen LogP contribution in [0.3, 0.4) is 0 Å². The molecule has 16 heavy (non-hydrogen) atoms. The summed E-state index contributed by atoms with van der Waals surface area (Å²) in [7, 11) is -0.213. The third kappa shape index (κ3) is 1.69. The van der Waals surface area contributed by atoms with Crippen LogP contribution in [0.2, 0.25) is 0 Å². The zero-order chi connectivity index (χ0) is 11.7. The monoisotopic (exact) mass is 236 g/mol. The lowest BCUT2D eigenvalue weighted by Gasteiger charge is -2.05. The number of aromatic hydroxyl groups is 1. The molecule has 0 radical (unpaired) electrons. The number of H-pyrrole nitrogens is 1. The van der Waals surface area contributed by atoms with Crippen molar-refractivity contribution in [3.63, 3.8) is 0 Å². The molecule has 3 nitrogen and oxygen atoms in total. The van der Waals surface area contributed by atoms with Crippen molar-refractivity contribution in [2.24, 2.45) is 0 Å². The third-order valence-corrected chi connectivity index (χ3v) is 4.57. The van der Waals surface area contributed by atoms with E-state index in [0.29, 0.717) is 15.8 Å². The van der Waals surface area contributed by atoms with Crippen LogP contribution in [0.15, 0.2) is 34.0 Å². The van der Waals surface area contributed by atoms with Gasteiger partial charge in [-0.25, -0.2) is 0 Å². The molecular weight excluding hydrogens is 222 g/mol. The van der Waals surface area contributed by atoms with Crippen molar-refractivity contribution in [1.29, 1.82) is 0 Å². The fourth-order valence-corrected chi connectivity index (χ4v) is 2.77. The molecule has 1 aromatic heterocycles. The van der Waals surface area contributed by atoms with Crippen molar-refractivity contribution in [2.75, 3.05) is 12.0 Å². The van der Waals surface area contributed by atoms with Gasteiger partial charge in [0.25, 0.3) is 4.90 Å². The van der Waals surface area contributed by atoms with Gasteiger partial charge in [-0.15, -0.1) is 0 Å². The molecule has 1 aromatic carbocycles. The summed E-state index contributed by atoms with van der Waals surface area (Å²) in [5, 5.41) is 10.8. The first-order valence-electron chi connectivity index (χ1n) is 5.11. The van der Waals surface area contributed by atoms with Gasteiger partial charge in [-0.3, -0.25) is 4.79 Å². The van der Waals surface area contributed by atoms with E-state index in [1.54, 1.807) is 6.07 Å². The molecule has 0 spiro atoms. The lowest BCUT2D eigenvalue weighted by molar-refractivity contribution is 0.466. The van der Waals surface area contributed by atoms with E-state index in [-0.39, 0.29) is 22.2 Å². The van der Waals surface area contributed by atoms with E-state index >= 15 is 0 Å². The van der Waals surface area contributed by atoms with Crippen LogP contribution in [0.25, 0.3) is 10.9 Å². The second-order valence-corrected chi connectivity index (χ2v) is 5.86. The topological polar surface area (TPSA) is 53.1 Å². The van der Waals surface area contributed by atoms with Gasteiger partial charge in [0.1, 0.15) is 12.0 Å². The molecule has 2 rings (SSSR count). The highest BCUT2D eigenvalue weighted by atomic mass is 32.2. The van der Waals surface area contributed by atoms with Crippen LogP contribution in [0.4, 0.5) is 0 Å². The van der Waals surface area contributed by atoms with Gasteiger partial charge in [0, 0.05) is 16.3 Å². The van der Waals surface area contributed by atoms with Gasteiger partial charge in [-0.05, 0) is 19.1 Å². The Morgan fingerprint density at radius 2 is 2.06 bits per heavy atom. The molecule has 0 bridgehead atoms. The predicted molar refractivity (Wildman–Crippen MR) is 68.3 cm³/mol. The standard InChI is InChI=1S/C12H13NO2S/c1-3-16(2)11-10(14)8-6-4-5-7-9(8)13-12(11)15/h4-7H,3H2,1-2H3,(H-,13,14,15)/p+1. The molecule has 1 unspecified atom stereocenters. The van der Waals surface area contributed by atoms with Crippen LogP contribution in [0.5, 0.6) is 5.75 Å². The normalized spacial score (nSPS) is 12.9. The average molecular weight is 236 g/mol. The Kier molecular flexibility index (Phi) is 2.92. The summed E-state index contributed by atoms with van der Waals surface area (Å²) in [6.07, 6.45) is 1.97. The molecule has 1 heterocycles. The second-order valence-electron chi connectivity index (χ2n) is 3.60. The van der Waals surface area contributed by atoms with E-state index in [1.807, 2.05) is 31.4 Å². The summed E-state index contributed by atoms with van der Waals surface area (Å²) in [5.74, 6) is 0.988. The van der Waals surface area contributed by atoms with E-state index < -0.39 is 0 Å². The number of aromatic nitrogens is 1. The highest BCUT2D eigenvalue weighted by Crippen LogP contribution is 2.27. The number of aromatic amines is 1. The van der Waals surface area contributed by atoms with Gasteiger partial charge in [0.15, 0.2) is 5.75 Å². The quantitative estimate of drug-likeness (QED) is 0.782. The van der Waals surface area contributed by atoms with Crippen molar-refractivity contribution in [3.8, 4) is 5.75 Å². The van der Waals surface area contributed by atoms with Gasteiger partial charge >= 0.3 is 5.56 Å². The first-order valence-corrected chi connectivity index (χ1v) is 6.92. The lowest BCUT2D eigenvalue weighted by Crippen LogP contribution is -2.18. The zero-order valence-electron chi connectivity index (χ0n) is 9.28. The van der Waals surface area contributed by atoms with Crippen molar-refractivity contribution in [1.82, 2.24) is 4.98 Å². The largest absolute Gasteiger partial charge is 0.503 e. The smallest absolute Gasteiger partial charge is 0.307 e. The fraction of sp³-hybridized carbons (Fsp3) is 0.250. The Balaban J connectivity index is 2.81. The summed E-state index contributed by atoms with van der Waals surface area (Å²) in [6.45, 7) is 2.01. The van der Waals surface area contributed by atoms with Gasteiger partial charge in [-0.1, -0.05) is 12.1 Å². The first kappa shape index (κ1) is 11.1. The molecule has 4 heteroatoms. The molecular formula is C12H14NO2S+. The van der Waals surface area contributed by atoms with Crippen molar-refractivity contribution in [2.45, 2.75) is 11.8 Å². The molecule has 0 amide bonds. The number of nitrogens with one attached hydrogen (secondary N) is 1. The van der Waals surface area contributed by atoms with Crippen LogP contribution < -0.4 is 5.56 Å². The van der Waals surface area contributed by atoms with E-state index in [9.17, 15) is 9.90 Å². The fourth-order valence-electron chi connectivity index (χ4n) is 1.68. The zero-order valence-corrected chi connectivity index (χ0v) is 10.1. The Hall–Kier alpha value is -1.42. The number of hydrogen-bond acceptors (Lipinski definition) is 2. The number of pyridine rings is 1. The molecule has 1 atom stereocenters. The van der Waals surface area contributed by atoms with Crippen LogP contribution in [0.1, 0.15) is 6.92 Å². The van der Waals surface area contributed by atoms with E-state index in [1.165, 1.54) is 0 Å². The summed E-state index contributed by atoms with van der Waals surface area (Å²) in [4.78, 5) is 15.2. The maximum absolute atomic E-state index is 11.8. The van der Waals surface area contributed by atoms with Crippen LogP contribution >= 0.6 is 0 Å². The molecule has 84 valence electrons. The van der Waals surface area contributed by atoms with Crippen LogP contribution in [-0.4, -0.2) is 22.1 Å². The van der Waals surface area contributed by atoms with E-state index in [4.69, 9.17) is 0 Å². The second kappa shape index (κ2) is 4.22. The van der Waals surface area contributed by atoms with Crippen molar-refractivity contribution in [3.05, 3.63) is 34.6 Å². The minimum atomic E-state index is -0.213.